The summed E-state index contributed by atoms with van der Waals surface area (Å²) in [7, 11) is 0. The zero-order valence-electron chi connectivity index (χ0n) is 11.3. The largest absolute Gasteiger partial charge is 0.409 e. The van der Waals surface area contributed by atoms with E-state index in [-0.39, 0.29) is 11.7 Å². The van der Waals surface area contributed by atoms with E-state index in [1.807, 2.05) is 19.1 Å². The van der Waals surface area contributed by atoms with Crippen LogP contribution in [0, 0.1) is 6.92 Å². The second-order valence-corrected chi connectivity index (χ2v) is 5.45. The third kappa shape index (κ3) is 3.82. The zero-order valence-corrected chi connectivity index (χ0v) is 12.9. The van der Waals surface area contributed by atoms with Crippen LogP contribution in [0.1, 0.15) is 21.5 Å². The van der Waals surface area contributed by atoms with E-state index in [9.17, 15) is 4.79 Å². The number of anilines is 1. The third-order valence-corrected chi connectivity index (χ3v) is 3.31. The monoisotopic (exact) mass is 347 g/mol. The molecule has 0 aliphatic carbocycles. The van der Waals surface area contributed by atoms with Crippen LogP contribution in [0.25, 0.3) is 0 Å². The lowest BCUT2D eigenvalue weighted by Gasteiger charge is -2.07. The zero-order chi connectivity index (χ0) is 15.4. The van der Waals surface area contributed by atoms with Crippen LogP contribution in [-0.4, -0.2) is 17.0 Å². The molecule has 4 N–H and O–H groups in total. The van der Waals surface area contributed by atoms with E-state index in [0.29, 0.717) is 16.8 Å². The van der Waals surface area contributed by atoms with Crippen molar-refractivity contribution in [2.24, 2.45) is 10.9 Å². The van der Waals surface area contributed by atoms with Gasteiger partial charge in [0.1, 0.15) is 0 Å². The summed E-state index contributed by atoms with van der Waals surface area (Å²) in [5.41, 5.74) is 8.26. The van der Waals surface area contributed by atoms with Gasteiger partial charge in [-0.15, -0.1) is 0 Å². The van der Waals surface area contributed by atoms with Crippen LogP contribution < -0.4 is 11.1 Å². The molecular weight excluding hydrogens is 334 g/mol. The van der Waals surface area contributed by atoms with E-state index < -0.39 is 0 Å². The molecule has 0 bridgehead atoms. The number of amidine groups is 1. The van der Waals surface area contributed by atoms with Crippen molar-refractivity contribution in [3.05, 3.63) is 63.6 Å². The maximum absolute atomic E-state index is 12.2. The molecule has 2 rings (SSSR count). The van der Waals surface area contributed by atoms with Crippen molar-refractivity contribution < 1.29 is 10.0 Å². The number of carbonyl (C=O) groups excluding carboxylic acids is 1. The SMILES string of the molecule is Cc1cc(Br)cc(C(=O)Nc2ccc(/C(N)=N/O)cc2)c1. The van der Waals surface area contributed by atoms with E-state index in [2.05, 4.69) is 26.4 Å². The molecular formula is C15H14BrN3O2. The highest BCUT2D eigenvalue weighted by Crippen LogP contribution is 2.17. The van der Waals surface area contributed by atoms with Crippen molar-refractivity contribution >= 4 is 33.4 Å². The summed E-state index contributed by atoms with van der Waals surface area (Å²) in [5.74, 6) is -0.175. The molecule has 5 nitrogen and oxygen atoms in total. The highest BCUT2D eigenvalue weighted by Gasteiger charge is 2.08. The standard InChI is InChI=1S/C15H14BrN3O2/c1-9-6-11(8-12(16)7-9)15(20)18-13-4-2-10(3-5-13)14(17)19-21/h2-8,21H,1H3,(H2,17,19)(H,18,20). The van der Waals surface area contributed by atoms with Crippen LogP contribution in [-0.2, 0) is 0 Å². The van der Waals surface area contributed by atoms with E-state index in [4.69, 9.17) is 10.9 Å². The molecule has 21 heavy (non-hydrogen) atoms. The maximum atomic E-state index is 12.2. The Labute approximate surface area is 130 Å². The van der Waals surface area contributed by atoms with Crippen molar-refractivity contribution in [3.8, 4) is 0 Å². The minimum absolute atomic E-state index is 0.0236. The van der Waals surface area contributed by atoms with Gasteiger partial charge in [0, 0.05) is 21.3 Å². The van der Waals surface area contributed by atoms with Gasteiger partial charge in [0.05, 0.1) is 0 Å². The van der Waals surface area contributed by atoms with Gasteiger partial charge in [-0.05, 0) is 55.0 Å². The first-order chi connectivity index (χ1) is 9.99. The first-order valence-electron chi connectivity index (χ1n) is 6.16. The Morgan fingerprint density at radius 1 is 1.19 bits per heavy atom. The van der Waals surface area contributed by atoms with Crippen LogP contribution in [0.15, 0.2) is 52.1 Å². The molecule has 0 saturated heterocycles. The fraction of sp³-hybridized carbons (Fsp3) is 0.0667. The first-order valence-corrected chi connectivity index (χ1v) is 6.95. The molecule has 0 radical (unpaired) electrons. The average molecular weight is 348 g/mol. The summed E-state index contributed by atoms with van der Waals surface area (Å²) in [4.78, 5) is 12.2. The van der Waals surface area contributed by atoms with Crippen LogP contribution in [0.4, 0.5) is 5.69 Å². The lowest BCUT2D eigenvalue weighted by molar-refractivity contribution is 0.102. The fourth-order valence-corrected chi connectivity index (χ4v) is 2.46. The minimum Gasteiger partial charge on any atom is -0.409 e. The Morgan fingerprint density at radius 3 is 2.43 bits per heavy atom. The predicted octanol–water partition coefficient (Wildman–Crippen LogP) is 3.10. The molecule has 0 saturated carbocycles. The number of amides is 1. The van der Waals surface area contributed by atoms with Crippen molar-refractivity contribution in [1.29, 1.82) is 0 Å². The van der Waals surface area contributed by atoms with E-state index in [0.717, 1.165) is 10.0 Å². The Bertz CT molecular complexity index is 676. The third-order valence-electron chi connectivity index (χ3n) is 2.85. The highest BCUT2D eigenvalue weighted by atomic mass is 79.9. The smallest absolute Gasteiger partial charge is 0.255 e. The van der Waals surface area contributed by atoms with Gasteiger partial charge in [-0.3, -0.25) is 4.79 Å². The summed E-state index contributed by atoms with van der Waals surface area (Å²) in [5, 5.41) is 14.3. The summed E-state index contributed by atoms with van der Waals surface area (Å²) < 4.78 is 0.856. The quantitative estimate of drug-likeness (QED) is 0.345. The van der Waals surface area contributed by atoms with Gasteiger partial charge in [0.25, 0.3) is 5.91 Å². The first kappa shape index (κ1) is 15.1. The van der Waals surface area contributed by atoms with Gasteiger partial charge < -0.3 is 16.3 Å². The number of rotatable bonds is 3. The van der Waals surface area contributed by atoms with Gasteiger partial charge in [-0.1, -0.05) is 21.1 Å². The number of carbonyl (C=O) groups is 1. The summed E-state index contributed by atoms with van der Waals surface area (Å²) >= 11 is 3.37. The highest BCUT2D eigenvalue weighted by molar-refractivity contribution is 9.10. The van der Waals surface area contributed by atoms with Gasteiger partial charge in [0.15, 0.2) is 5.84 Å². The van der Waals surface area contributed by atoms with Crippen LogP contribution in [0.3, 0.4) is 0 Å². The van der Waals surface area contributed by atoms with Crippen molar-refractivity contribution in [1.82, 2.24) is 0 Å². The number of aryl methyl sites for hydroxylation is 1. The molecule has 0 aromatic heterocycles. The topological polar surface area (TPSA) is 87.7 Å². The maximum Gasteiger partial charge on any atom is 0.255 e. The van der Waals surface area contributed by atoms with Crippen LogP contribution >= 0.6 is 15.9 Å². The van der Waals surface area contributed by atoms with Crippen LogP contribution in [0.5, 0.6) is 0 Å². The van der Waals surface area contributed by atoms with Crippen LogP contribution in [0.2, 0.25) is 0 Å². The Hall–Kier alpha value is -2.34. The molecule has 0 heterocycles. The number of halogens is 1. The molecule has 0 unspecified atom stereocenters. The summed E-state index contributed by atoms with van der Waals surface area (Å²) in [6.07, 6.45) is 0. The summed E-state index contributed by atoms with van der Waals surface area (Å²) in [6.45, 7) is 1.92. The van der Waals surface area contributed by atoms with E-state index >= 15 is 0 Å². The number of oxime groups is 1. The molecule has 1 amide bonds. The van der Waals surface area contributed by atoms with Crippen molar-refractivity contribution in [3.63, 3.8) is 0 Å². The molecule has 0 atom stereocenters. The number of nitrogens with zero attached hydrogens (tertiary/aromatic N) is 1. The average Bonchev–Trinajstić information content (AvgIpc) is 2.46. The van der Waals surface area contributed by atoms with E-state index in [1.165, 1.54) is 0 Å². The molecule has 108 valence electrons. The molecule has 6 heteroatoms. The number of nitrogens with two attached hydrogens (primary N) is 1. The normalized spacial score (nSPS) is 11.2. The van der Waals surface area contributed by atoms with Crippen molar-refractivity contribution in [2.75, 3.05) is 5.32 Å². The Kier molecular flexibility index (Phi) is 4.59. The second kappa shape index (κ2) is 6.41. The molecule has 0 fully saturated rings. The van der Waals surface area contributed by atoms with Gasteiger partial charge in [0.2, 0.25) is 0 Å². The summed E-state index contributed by atoms with van der Waals surface area (Å²) in [6, 6.07) is 12.2. The molecule has 0 spiro atoms. The lowest BCUT2D eigenvalue weighted by Crippen LogP contribution is -2.14. The fourth-order valence-electron chi connectivity index (χ4n) is 1.85. The Balaban J connectivity index is 2.16. The van der Waals surface area contributed by atoms with Gasteiger partial charge in [-0.2, -0.15) is 0 Å². The second-order valence-electron chi connectivity index (χ2n) is 4.53. The Morgan fingerprint density at radius 2 is 1.86 bits per heavy atom. The number of hydrogen-bond acceptors (Lipinski definition) is 3. The number of hydrogen-bond donors (Lipinski definition) is 3. The number of benzene rings is 2. The lowest BCUT2D eigenvalue weighted by atomic mass is 10.1. The minimum atomic E-state index is -0.198. The molecule has 2 aromatic rings. The predicted molar refractivity (Wildman–Crippen MR) is 85.8 cm³/mol. The van der Waals surface area contributed by atoms with Crippen molar-refractivity contribution in [2.45, 2.75) is 6.92 Å². The van der Waals surface area contributed by atoms with E-state index in [1.54, 1.807) is 30.3 Å². The van der Waals surface area contributed by atoms with Gasteiger partial charge >= 0.3 is 0 Å². The molecule has 0 aliphatic heterocycles. The number of nitrogens with one attached hydrogen (secondary N) is 1. The van der Waals surface area contributed by atoms with Gasteiger partial charge in [-0.25, -0.2) is 0 Å². The molecule has 2 aromatic carbocycles. The molecule has 0 aliphatic rings.